The average molecular weight is 300 g/mol. The molecule has 0 aliphatic carbocycles. The van der Waals surface area contributed by atoms with Gasteiger partial charge in [0.1, 0.15) is 0 Å². The maximum absolute atomic E-state index is 12.2. The fourth-order valence-electron chi connectivity index (χ4n) is 1.99. The van der Waals surface area contributed by atoms with Crippen LogP contribution in [0.5, 0.6) is 0 Å². The van der Waals surface area contributed by atoms with Crippen molar-refractivity contribution in [2.24, 2.45) is 0 Å². The highest BCUT2D eigenvalue weighted by atomic mass is 35.5. The first kappa shape index (κ1) is 13.3. The number of pyridine rings is 2. The molecule has 0 fully saturated rings. The van der Waals surface area contributed by atoms with Crippen molar-refractivity contribution in [2.45, 2.75) is 0 Å². The second-order valence-electron chi connectivity index (χ2n) is 4.39. The van der Waals surface area contributed by atoms with Crippen molar-refractivity contribution in [1.29, 1.82) is 0 Å². The van der Waals surface area contributed by atoms with Crippen LogP contribution in [-0.4, -0.2) is 15.9 Å². The summed E-state index contributed by atoms with van der Waals surface area (Å²) >= 11 is 6.11. The fourth-order valence-corrected chi connectivity index (χ4v) is 2.20. The van der Waals surface area contributed by atoms with Gasteiger partial charge in [0.2, 0.25) is 5.56 Å². The number of nitrogens with one attached hydrogen (secondary N) is 2. The molecule has 0 aliphatic heterocycles. The van der Waals surface area contributed by atoms with Crippen LogP contribution in [0.15, 0.2) is 53.6 Å². The molecule has 6 heteroatoms. The highest BCUT2D eigenvalue weighted by Crippen LogP contribution is 2.28. The number of anilines is 1. The molecule has 0 aliphatic rings. The van der Waals surface area contributed by atoms with E-state index in [1.807, 2.05) is 6.07 Å². The van der Waals surface area contributed by atoms with Gasteiger partial charge in [-0.05, 0) is 30.3 Å². The summed E-state index contributed by atoms with van der Waals surface area (Å²) in [5, 5.41) is 4.10. The molecule has 5 nitrogen and oxygen atoms in total. The van der Waals surface area contributed by atoms with Crippen molar-refractivity contribution in [2.75, 3.05) is 5.32 Å². The van der Waals surface area contributed by atoms with Crippen molar-refractivity contribution in [3.63, 3.8) is 0 Å². The van der Waals surface area contributed by atoms with Gasteiger partial charge in [-0.25, -0.2) is 0 Å². The number of aromatic amines is 1. The average Bonchev–Trinajstić information content (AvgIpc) is 2.51. The summed E-state index contributed by atoms with van der Waals surface area (Å²) in [6, 6.07) is 9.77. The second-order valence-corrected chi connectivity index (χ2v) is 4.80. The van der Waals surface area contributed by atoms with Crippen LogP contribution in [0.4, 0.5) is 5.69 Å². The minimum absolute atomic E-state index is 0.259. The number of fused-ring (bicyclic) bond motifs is 1. The third-order valence-electron chi connectivity index (χ3n) is 3.01. The van der Waals surface area contributed by atoms with Gasteiger partial charge in [0.15, 0.2) is 0 Å². The van der Waals surface area contributed by atoms with Gasteiger partial charge in [0.05, 0.1) is 21.8 Å². The molecule has 2 heterocycles. The highest BCUT2D eigenvalue weighted by Gasteiger charge is 2.10. The molecule has 3 rings (SSSR count). The SMILES string of the molecule is O=C(Nc1ccc(Cl)c2cccnc12)c1ccc(=O)[nH]c1. The molecule has 1 amide bonds. The summed E-state index contributed by atoms with van der Waals surface area (Å²) in [4.78, 5) is 29.9. The van der Waals surface area contributed by atoms with Crippen molar-refractivity contribution in [1.82, 2.24) is 9.97 Å². The van der Waals surface area contributed by atoms with E-state index in [4.69, 9.17) is 11.6 Å². The van der Waals surface area contributed by atoms with Crippen LogP contribution in [-0.2, 0) is 0 Å². The van der Waals surface area contributed by atoms with Crippen LogP contribution < -0.4 is 10.9 Å². The fraction of sp³-hybridized carbons (Fsp3) is 0. The van der Waals surface area contributed by atoms with Gasteiger partial charge in [0.25, 0.3) is 5.91 Å². The Labute approximate surface area is 124 Å². The summed E-state index contributed by atoms with van der Waals surface area (Å²) < 4.78 is 0. The zero-order valence-electron chi connectivity index (χ0n) is 10.8. The lowest BCUT2D eigenvalue weighted by Gasteiger charge is -2.08. The van der Waals surface area contributed by atoms with Gasteiger partial charge in [-0.2, -0.15) is 0 Å². The van der Waals surface area contributed by atoms with Gasteiger partial charge in [-0.1, -0.05) is 11.6 Å². The molecule has 21 heavy (non-hydrogen) atoms. The standard InChI is InChI=1S/C15H10ClN3O2/c16-11-4-5-12(14-10(11)2-1-7-17-14)19-15(21)9-3-6-13(20)18-8-9/h1-8H,(H,18,20)(H,19,21). The Morgan fingerprint density at radius 1 is 1.19 bits per heavy atom. The highest BCUT2D eigenvalue weighted by molar-refractivity contribution is 6.36. The first-order valence-electron chi connectivity index (χ1n) is 6.18. The molecule has 0 atom stereocenters. The van der Waals surface area contributed by atoms with Crippen molar-refractivity contribution in [3.05, 3.63) is 69.7 Å². The van der Waals surface area contributed by atoms with E-state index in [9.17, 15) is 9.59 Å². The minimum Gasteiger partial charge on any atom is -0.328 e. The quantitative estimate of drug-likeness (QED) is 0.764. The Morgan fingerprint density at radius 3 is 2.81 bits per heavy atom. The number of hydrogen-bond acceptors (Lipinski definition) is 3. The zero-order valence-corrected chi connectivity index (χ0v) is 11.5. The number of carbonyl (C=O) groups excluding carboxylic acids is 1. The van der Waals surface area contributed by atoms with E-state index in [0.717, 1.165) is 5.39 Å². The summed E-state index contributed by atoms with van der Waals surface area (Å²) in [7, 11) is 0. The van der Waals surface area contributed by atoms with Gasteiger partial charge in [-0.3, -0.25) is 14.6 Å². The summed E-state index contributed by atoms with van der Waals surface area (Å²) in [5.74, 6) is -0.333. The maximum atomic E-state index is 12.2. The van der Waals surface area contributed by atoms with Crippen LogP contribution in [0, 0.1) is 0 Å². The molecule has 3 aromatic rings. The number of carbonyl (C=O) groups is 1. The Balaban J connectivity index is 1.98. The molecule has 0 unspecified atom stereocenters. The van der Waals surface area contributed by atoms with Crippen LogP contribution in [0.25, 0.3) is 10.9 Å². The molecule has 0 saturated heterocycles. The van der Waals surface area contributed by atoms with E-state index in [2.05, 4.69) is 15.3 Å². The van der Waals surface area contributed by atoms with Crippen LogP contribution in [0.3, 0.4) is 0 Å². The number of amides is 1. The Hall–Kier alpha value is -2.66. The largest absolute Gasteiger partial charge is 0.328 e. The molecule has 2 N–H and O–H groups in total. The predicted molar refractivity (Wildman–Crippen MR) is 81.8 cm³/mol. The minimum atomic E-state index is -0.333. The van der Waals surface area contributed by atoms with Gasteiger partial charge >= 0.3 is 0 Å². The van der Waals surface area contributed by atoms with E-state index in [-0.39, 0.29) is 11.5 Å². The van der Waals surface area contributed by atoms with Gasteiger partial charge in [-0.15, -0.1) is 0 Å². The number of hydrogen-bond donors (Lipinski definition) is 2. The van der Waals surface area contributed by atoms with Gasteiger partial charge < -0.3 is 10.3 Å². The number of nitrogens with zero attached hydrogens (tertiary/aromatic N) is 1. The van der Waals surface area contributed by atoms with E-state index in [1.165, 1.54) is 18.3 Å². The van der Waals surface area contributed by atoms with E-state index < -0.39 is 0 Å². The zero-order chi connectivity index (χ0) is 14.8. The van der Waals surface area contributed by atoms with E-state index in [0.29, 0.717) is 21.8 Å². The number of halogens is 1. The Morgan fingerprint density at radius 2 is 2.05 bits per heavy atom. The smallest absolute Gasteiger partial charge is 0.257 e. The van der Waals surface area contributed by atoms with Crippen LogP contribution in [0.1, 0.15) is 10.4 Å². The molecule has 0 bridgehead atoms. The number of rotatable bonds is 2. The predicted octanol–water partition coefficient (Wildman–Crippen LogP) is 2.83. The topological polar surface area (TPSA) is 74.8 Å². The number of benzene rings is 1. The Kier molecular flexibility index (Phi) is 3.41. The lowest BCUT2D eigenvalue weighted by molar-refractivity contribution is 0.102. The van der Waals surface area contributed by atoms with Crippen molar-refractivity contribution >= 4 is 34.1 Å². The first-order valence-corrected chi connectivity index (χ1v) is 6.56. The van der Waals surface area contributed by atoms with Crippen LogP contribution in [0.2, 0.25) is 5.02 Å². The number of H-pyrrole nitrogens is 1. The molecule has 0 saturated carbocycles. The Bertz CT molecular complexity index is 869. The molecular weight excluding hydrogens is 290 g/mol. The first-order chi connectivity index (χ1) is 10.1. The van der Waals surface area contributed by atoms with Gasteiger partial charge in [0, 0.05) is 23.8 Å². The van der Waals surface area contributed by atoms with Crippen LogP contribution >= 0.6 is 11.6 Å². The molecule has 104 valence electrons. The summed E-state index contributed by atoms with van der Waals surface area (Å²) in [6.07, 6.45) is 3.00. The molecule has 0 radical (unpaired) electrons. The molecule has 2 aromatic heterocycles. The second kappa shape index (κ2) is 5.38. The van der Waals surface area contributed by atoms with Crippen molar-refractivity contribution in [3.8, 4) is 0 Å². The molecule has 0 spiro atoms. The molecular formula is C15H10ClN3O2. The van der Waals surface area contributed by atoms with Crippen molar-refractivity contribution < 1.29 is 4.79 Å². The third kappa shape index (κ3) is 2.64. The maximum Gasteiger partial charge on any atom is 0.257 e. The normalized spacial score (nSPS) is 10.5. The molecule has 1 aromatic carbocycles. The lowest BCUT2D eigenvalue weighted by Crippen LogP contribution is -2.14. The van der Waals surface area contributed by atoms with E-state index in [1.54, 1.807) is 24.4 Å². The summed E-state index contributed by atoms with van der Waals surface area (Å²) in [6.45, 7) is 0. The monoisotopic (exact) mass is 299 g/mol. The third-order valence-corrected chi connectivity index (χ3v) is 3.34. The lowest BCUT2D eigenvalue weighted by atomic mass is 10.2. The number of aromatic nitrogens is 2. The summed E-state index contributed by atoms with van der Waals surface area (Å²) in [5.41, 5.74) is 1.27. The van der Waals surface area contributed by atoms with E-state index >= 15 is 0 Å².